The van der Waals surface area contributed by atoms with Crippen LogP contribution in [0.4, 0.5) is 5.95 Å². The number of rotatable bonds is 4. The van der Waals surface area contributed by atoms with Crippen molar-refractivity contribution < 1.29 is 9.47 Å². The number of aromatic nitrogens is 5. The largest absolute Gasteiger partial charge is 0.467 e. The second kappa shape index (κ2) is 5.55. The molecule has 112 valence electrons. The summed E-state index contributed by atoms with van der Waals surface area (Å²) in [5.74, 6) is 0.986. The van der Waals surface area contributed by atoms with Crippen molar-refractivity contribution in [3.05, 3.63) is 17.5 Å². The Hall–Kier alpha value is -2.38. The number of H-pyrrole nitrogens is 1. The molecule has 21 heavy (non-hydrogen) atoms. The van der Waals surface area contributed by atoms with Gasteiger partial charge in [-0.3, -0.25) is 5.10 Å². The molecule has 0 aliphatic carbocycles. The van der Waals surface area contributed by atoms with Gasteiger partial charge >= 0.3 is 12.0 Å². The molecule has 1 N–H and O–H groups in total. The molecule has 0 radical (unpaired) electrons. The van der Waals surface area contributed by atoms with E-state index < -0.39 is 0 Å². The number of aryl methyl sites for hydroxylation is 1. The van der Waals surface area contributed by atoms with E-state index in [-0.39, 0.29) is 12.0 Å². The first-order chi connectivity index (χ1) is 10.2. The van der Waals surface area contributed by atoms with E-state index in [2.05, 4.69) is 37.0 Å². The zero-order valence-corrected chi connectivity index (χ0v) is 12.3. The van der Waals surface area contributed by atoms with Crippen LogP contribution in [0.15, 0.2) is 6.20 Å². The maximum absolute atomic E-state index is 5.09. The zero-order valence-electron chi connectivity index (χ0n) is 12.3. The number of hydrogen-bond acceptors (Lipinski definition) is 7. The summed E-state index contributed by atoms with van der Waals surface area (Å²) in [5.41, 5.74) is 2.37. The molecule has 1 atom stereocenters. The summed E-state index contributed by atoms with van der Waals surface area (Å²) in [4.78, 5) is 14.7. The molecule has 0 bridgehead atoms. The van der Waals surface area contributed by atoms with Crippen LogP contribution < -0.4 is 14.4 Å². The molecule has 0 amide bonds. The molecule has 1 saturated heterocycles. The van der Waals surface area contributed by atoms with Gasteiger partial charge in [0, 0.05) is 24.7 Å². The van der Waals surface area contributed by atoms with Gasteiger partial charge < -0.3 is 14.4 Å². The lowest BCUT2D eigenvalue weighted by atomic mass is 10.0. The molecule has 3 heterocycles. The van der Waals surface area contributed by atoms with Crippen molar-refractivity contribution in [3.63, 3.8) is 0 Å². The van der Waals surface area contributed by atoms with Gasteiger partial charge in [0.1, 0.15) is 0 Å². The van der Waals surface area contributed by atoms with E-state index in [1.54, 1.807) is 0 Å². The molecule has 1 aliphatic heterocycles. The molecule has 0 spiro atoms. The summed E-state index contributed by atoms with van der Waals surface area (Å²) >= 11 is 0. The smallest absolute Gasteiger partial charge is 0.324 e. The van der Waals surface area contributed by atoms with E-state index in [9.17, 15) is 0 Å². The standard InChI is InChI=1S/C13H18N6O2/c1-8-6-14-18-10(8)9-4-5-19(7-9)11-15-12(20-2)17-13(16-11)21-3/h6,9H,4-5,7H2,1-3H3,(H,14,18)/t9-/m0/s1. The van der Waals surface area contributed by atoms with E-state index in [1.807, 2.05) is 6.20 Å². The Bertz CT molecular complexity index is 607. The Morgan fingerprint density at radius 1 is 1.19 bits per heavy atom. The number of aromatic amines is 1. The maximum atomic E-state index is 5.09. The quantitative estimate of drug-likeness (QED) is 0.895. The van der Waals surface area contributed by atoms with Crippen LogP contribution in [-0.4, -0.2) is 52.5 Å². The molecule has 8 nitrogen and oxygen atoms in total. The molecule has 3 rings (SSSR count). The highest BCUT2D eigenvalue weighted by Gasteiger charge is 2.28. The molecule has 0 unspecified atom stereocenters. The van der Waals surface area contributed by atoms with Crippen LogP contribution in [0.5, 0.6) is 12.0 Å². The lowest BCUT2D eigenvalue weighted by Crippen LogP contribution is -2.22. The highest BCUT2D eigenvalue weighted by molar-refractivity contribution is 5.36. The Morgan fingerprint density at radius 2 is 1.90 bits per heavy atom. The predicted molar refractivity (Wildman–Crippen MR) is 75.8 cm³/mol. The van der Waals surface area contributed by atoms with Gasteiger partial charge in [0.15, 0.2) is 0 Å². The van der Waals surface area contributed by atoms with Crippen molar-refractivity contribution in [2.24, 2.45) is 0 Å². The van der Waals surface area contributed by atoms with Gasteiger partial charge in [-0.05, 0) is 18.9 Å². The molecular formula is C13H18N6O2. The Labute approximate surface area is 122 Å². The number of methoxy groups -OCH3 is 2. The average molecular weight is 290 g/mol. The molecule has 2 aromatic heterocycles. The average Bonchev–Trinajstić information content (AvgIpc) is 3.15. The summed E-state index contributed by atoms with van der Waals surface area (Å²) in [6, 6.07) is 0.524. The fourth-order valence-electron chi connectivity index (χ4n) is 2.60. The predicted octanol–water partition coefficient (Wildman–Crippen LogP) is 0.914. The monoisotopic (exact) mass is 290 g/mol. The normalized spacial score (nSPS) is 18.0. The minimum Gasteiger partial charge on any atom is -0.467 e. The molecule has 1 aliphatic rings. The first-order valence-electron chi connectivity index (χ1n) is 6.80. The van der Waals surface area contributed by atoms with Gasteiger partial charge in [-0.15, -0.1) is 4.98 Å². The van der Waals surface area contributed by atoms with E-state index in [4.69, 9.17) is 9.47 Å². The topological polar surface area (TPSA) is 89.0 Å². The summed E-state index contributed by atoms with van der Waals surface area (Å²) < 4.78 is 10.2. The number of nitrogens with zero attached hydrogens (tertiary/aromatic N) is 5. The molecule has 0 aromatic carbocycles. The number of hydrogen-bond donors (Lipinski definition) is 1. The first kappa shape index (κ1) is 13.6. The fourth-order valence-corrected chi connectivity index (χ4v) is 2.60. The van der Waals surface area contributed by atoms with Gasteiger partial charge in [-0.1, -0.05) is 0 Å². The van der Waals surface area contributed by atoms with Gasteiger partial charge in [0.25, 0.3) is 0 Å². The molecule has 2 aromatic rings. The Balaban J connectivity index is 1.81. The lowest BCUT2D eigenvalue weighted by Gasteiger charge is -2.16. The Kier molecular flexibility index (Phi) is 3.59. The lowest BCUT2D eigenvalue weighted by molar-refractivity contribution is 0.340. The second-order valence-corrected chi connectivity index (χ2v) is 5.01. The van der Waals surface area contributed by atoms with Crippen LogP contribution in [0.2, 0.25) is 0 Å². The second-order valence-electron chi connectivity index (χ2n) is 5.01. The van der Waals surface area contributed by atoms with E-state index in [0.29, 0.717) is 11.9 Å². The van der Waals surface area contributed by atoms with Gasteiger partial charge in [0.05, 0.1) is 20.4 Å². The van der Waals surface area contributed by atoms with Crippen molar-refractivity contribution in [2.45, 2.75) is 19.3 Å². The number of nitrogens with one attached hydrogen (secondary N) is 1. The van der Waals surface area contributed by atoms with Crippen molar-refractivity contribution in [3.8, 4) is 12.0 Å². The summed E-state index contributed by atoms with van der Waals surface area (Å²) in [7, 11) is 3.05. The third kappa shape index (κ3) is 2.61. The summed E-state index contributed by atoms with van der Waals surface area (Å²) in [5, 5.41) is 7.18. The van der Waals surface area contributed by atoms with Crippen LogP contribution in [0.25, 0.3) is 0 Å². The fraction of sp³-hybridized carbons (Fsp3) is 0.538. The molecule has 0 saturated carbocycles. The van der Waals surface area contributed by atoms with Crippen LogP contribution in [0.1, 0.15) is 23.6 Å². The van der Waals surface area contributed by atoms with Crippen LogP contribution in [0.3, 0.4) is 0 Å². The molecular weight excluding hydrogens is 272 g/mol. The van der Waals surface area contributed by atoms with Crippen molar-refractivity contribution in [1.82, 2.24) is 25.1 Å². The highest BCUT2D eigenvalue weighted by atomic mass is 16.5. The highest BCUT2D eigenvalue weighted by Crippen LogP contribution is 2.30. The third-order valence-electron chi connectivity index (χ3n) is 3.70. The van der Waals surface area contributed by atoms with Crippen LogP contribution in [0, 0.1) is 6.92 Å². The van der Waals surface area contributed by atoms with E-state index in [0.717, 1.165) is 19.5 Å². The first-order valence-corrected chi connectivity index (χ1v) is 6.80. The zero-order chi connectivity index (χ0) is 14.8. The van der Waals surface area contributed by atoms with E-state index >= 15 is 0 Å². The summed E-state index contributed by atoms with van der Waals surface area (Å²) in [6.45, 7) is 3.77. The minimum absolute atomic E-state index is 0.262. The minimum atomic E-state index is 0.262. The third-order valence-corrected chi connectivity index (χ3v) is 3.70. The number of ether oxygens (including phenoxy) is 2. The molecule has 1 fully saturated rings. The van der Waals surface area contributed by atoms with Crippen molar-refractivity contribution in [1.29, 1.82) is 0 Å². The van der Waals surface area contributed by atoms with Crippen LogP contribution >= 0.6 is 0 Å². The van der Waals surface area contributed by atoms with Crippen molar-refractivity contribution >= 4 is 5.95 Å². The Morgan fingerprint density at radius 3 is 2.48 bits per heavy atom. The van der Waals surface area contributed by atoms with Crippen LogP contribution in [-0.2, 0) is 0 Å². The van der Waals surface area contributed by atoms with E-state index in [1.165, 1.54) is 25.5 Å². The molecule has 8 heteroatoms. The SMILES string of the molecule is COc1nc(OC)nc(N2CC[C@H](c3[nH]ncc3C)C2)n1. The van der Waals surface area contributed by atoms with Gasteiger partial charge in [-0.2, -0.15) is 15.1 Å². The van der Waals surface area contributed by atoms with Crippen molar-refractivity contribution in [2.75, 3.05) is 32.2 Å². The maximum Gasteiger partial charge on any atom is 0.324 e. The van der Waals surface area contributed by atoms with Gasteiger partial charge in [-0.25, -0.2) is 0 Å². The summed E-state index contributed by atoms with van der Waals surface area (Å²) in [6.07, 6.45) is 2.88. The van der Waals surface area contributed by atoms with Gasteiger partial charge in [0.2, 0.25) is 5.95 Å². The number of anilines is 1.